The first kappa shape index (κ1) is 19.9. The van der Waals surface area contributed by atoms with E-state index in [-0.39, 0.29) is 29.6 Å². The van der Waals surface area contributed by atoms with Crippen LogP contribution in [0.1, 0.15) is 19.3 Å². The number of urea groups is 1. The molecule has 3 amide bonds. The molecule has 6 nitrogen and oxygen atoms in total. The van der Waals surface area contributed by atoms with Crippen LogP contribution in [-0.2, 0) is 4.79 Å². The number of imide groups is 1. The Hall–Kier alpha value is -3.35. The van der Waals surface area contributed by atoms with Gasteiger partial charge >= 0.3 is 18.1 Å². The van der Waals surface area contributed by atoms with E-state index in [2.05, 4.69) is 4.98 Å². The molecule has 0 N–H and O–H groups in total. The van der Waals surface area contributed by atoms with Crippen molar-refractivity contribution in [2.24, 2.45) is 11.8 Å². The van der Waals surface area contributed by atoms with Crippen LogP contribution in [-0.4, -0.2) is 39.9 Å². The Labute approximate surface area is 168 Å². The maximum Gasteiger partial charge on any atom is 0.506 e. The minimum absolute atomic E-state index is 0.0438. The summed E-state index contributed by atoms with van der Waals surface area (Å²) >= 11 is 0. The number of hydrogen-bond donors (Lipinski definition) is 0. The molecule has 0 saturated heterocycles. The number of carbonyl (C=O) groups is 2. The minimum atomic E-state index is -4.48. The highest BCUT2D eigenvalue weighted by atomic mass is 19.4. The molecule has 2 aromatic rings. The van der Waals surface area contributed by atoms with E-state index >= 15 is 0 Å². The number of hydrogen-bond acceptors (Lipinski definition) is 4. The number of alkyl halides is 3. The molecule has 1 saturated carbocycles. The number of benzene rings is 1. The van der Waals surface area contributed by atoms with Crippen LogP contribution < -0.4 is 4.90 Å². The van der Waals surface area contributed by atoms with Gasteiger partial charge in [-0.25, -0.2) is 9.18 Å². The van der Waals surface area contributed by atoms with Crippen molar-refractivity contribution in [3.63, 3.8) is 0 Å². The van der Waals surface area contributed by atoms with E-state index in [1.165, 1.54) is 12.3 Å². The van der Waals surface area contributed by atoms with Crippen molar-refractivity contribution in [1.82, 2.24) is 4.98 Å². The summed E-state index contributed by atoms with van der Waals surface area (Å²) in [6.07, 6.45) is -2.91. The Kier molecular flexibility index (Phi) is 4.76. The lowest BCUT2D eigenvalue weighted by Gasteiger charge is -2.34. The Bertz CT molecular complexity index is 1130. The molecule has 1 aromatic heterocycles. The molecule has 1 fully saturated rings. The fourth-order valence-electron chi connectivity index (χ4n) is 4.19. The number of fused-ring (bicyclic) bond motifs is 2. The van der Waals surface area contributed by atoms with Crippen molar-refractivity contribution >= 4 is 34.1 Å². The van der Waals surface area contributed by atoms with Gasteiger partial charge < -0.3 is 0 Å². The molecule has 0 radical (unpaired) electrons. The van der Waals surface area contributed by atoms with Gasteiger partial charge in [0.1, 0.15) is 23.5 Å². The van der Waals surface area contributed by atoms with Gasteiger partial charge in [0.25, 0.3) is 0 Å². The number of halogens is 4. The highest BCUT2D eigenvalue weighted by Gasteiger charge is 2.55. The second kappa shape index (κ2) is 7.16. The summed E-state index contributed by atoms with van der Waals surface area (Å²) in [5.74, 6) is -4.49. The molecule has 4 rings (SSSR count). The van der Waals surface area contributed by atoms with Gasteiger partial charge in [-0.15, -0.1) is 4.90 Å². The number of rotatable bonds is 2. The molecular formula is C20H15F4N4O2+. The summed E-state index contributed by atoms with van der Waals surface area (Å²) in [7, 11) is 0. The third-order valence-corrected chi connectivity index (χ3v) is 5.60. The largest absolute Gasteiger partial charge is 0.506 e. The molecule has 1 aliphatic carbocycles. The van der Waals surface area contributed by atoms with Crippen molar-refractivity contribution in [1.29, 1.82) is 5.26 Å². The van der Waals surface area contributed by atoms with Gasteiger partial charge in [-0.1, -0.05) is 12.1 Å². The van der Waals surface area contributed by atoms with E-state index in [4.69, 9.17) is 5.26 Å². The average molecular weight is 419 g/mol. The van der Waals surface area contributed by atoms with E-state index in [0.717, 1.165) is 16.8 Å². The molecule has 154 valence electrons. The fourth-order valence-corrected chi connectivity index (χ4v) is 4.19. The molecule has 0 bridgehead atoms. The van der Waals surface area contributed by atoms with Crippen LogP contribution in [0.3, 0.4) is 0 Å². The van der Waals surface area contributed by atoms with E-state index in [1.807, 2.05) is 6.07 Å². The van der Waals surface area contributed by atoms with E-state index in [1.54, 1.807) is 6.07 Å². The fraction of sp³-hybridized carbons (Fsp3) is 0.350. The first-order valence-corrected chi connectivity index (χ1v) is 9.21. The number of carbonyl (C=O) groups excluding carboxylic acids is 2. The Morgan fingerprint density at radius 2 is 2.03 bits per heavy atom. The molecule has 1 aromatic carbocycles. The Morgan fingerprint density at radius 3 is 2.73 bits per heavy atom. The van der Waals surface area contributed by atoms with Gasteiger partial charge in [0, 0.05) is 18.0 Å². The number of aromatic nitrogens is 1. The molecule has 30 heavy (non-hydrogen) atoms. The maximum atomic E-state index is 14.6. The lowest BCUT2D eigenvalue weighted by atomic mass is 9.77. The molecule has 10 heteroatoms. The molecule has 1 unspecified atom stereocenters. The quantitative estimate of drug-likeness (QED) is 0.422. The Balaban J connectivity index is 1.88. The number of amides is 3. The normalized spacial score (nSPS) is 22.3. The number of nitriles is 1. The van der Waals surface area contributed by atoms with E-state index in [9.17, 15) is 27.2 Å². The summed E-state index contributed by atoms with van der Waals surface area (Å²) in [6.45, 7) is -0.425. The SMILES string of the molecule is N#CC[N+]1=C2CC[C@@H](C(F)(F)F)CC2C(=O)N(c2cncc3cccc(F)c23)C1=O. The van der Waals surface area contributed by atoms with Crippen LogP contribution in [0.5, 0.6) is 0 Å². The third kappa shape index (κ3) is 3.10. The lowest BCUT2D eigenvalue weighted by Crippen LogP contribution is -2.57. The van der Waals surface area contributed by atoms with Crippen LogP contribution in [0, 0.1) is 29.0 Å². The second-order valence-corrected chi connectivity index (χ2v) is 7.25. The molecule has 2 aliphatic rings. The maximum absolute atomic E-state index is 14.6. The minimum Gasteiger partial charge on any atom is -0.260 e. The summed E-state index contributed by atoms with van der Waals surface area (Å²) < 4.78 is 55.5. The zero-order valence-electron chi connectivity index (χ0n) is 15.5. The van der Waals surface area contributed by atoms with Crippen molar-refractivity contribution in [3.05, 3.63) is 36.4 Å². The lowest BCUT2D eigenvalue weighted by molar-refractivity contribution is -0.418. The molecule has 1 aliphatic heterocycles. The van der Waals surface area contributed by atoms with Gasteiger partial charge in [0.2, 0.25) is 0 Å². The van der Waals surface area contributed by atoms with Crippen LogP contribution in [0.2, 0.25) is 0 Å². The van der Waals surface area contributed by atoms with Crippen molar-refractivity contribution in [2.75, 3.05) is 11.4 Å². The highest BCUT2D eigenvalue weighted by molar-refractivity contribution is 6.25. The number of pyridine rings is 1. The Morgan fingerprint density at radius 1 is 1.27 bits per heavy atom. The zero-order chi connectivity index (χ0) is 21.6. The van der Waals surface area contributed by atoms with Gasteiger partial charge in [0.05, 0.1) is 17.5 Å². The van der Waals surface area contributed by atoms with Gasteiger partial charge in [-0.2, -0.15) is 27.8 Å². The average Bonchev–Trinajstić information content (AvgIpc) is 2.70. The third-order valence-electron chi connectivity index (χ3n) is 5.60. The second-order valence-electron chi connectivity index (χ2n) is 7.25. The first-order valence-electron chi connectivity index (χ1n) is 9.21. The van der Waals surface area contributed by atoms with E-state index < -0.39 is 48.7 Å². The predicted molar refractivity (Wildman–Crippen MR) is 97.2 cm³/mol. The van der Waals surface area contributed by atoms with Crippen molar-refractivity contribution in [3.8, 4) is 6.07 Å². The van der Waals surface area contributed by atoms with Crippen molar-refractivity contribution in [2.45, 2.75) is 25.4 Å². The van der Waals surface area contributed by atoms with Crippen LogP contribution in [0.25, 0.3) is 10.8 Å². The van der Waals surface area contributed by atoms with Gasteiger partial charge in [0.15, 0.2) is 12.2 Å². The van der Waals surface area contributed by atoms with Gasteiger partial charge in [-0.3, -0.25) is 4.98 Å². The van der Waals surface area contributed by atoms with Crippen LogP contribution in [0.4, 0.5) is 28.0 Å². The molecule has 0 spiro atoms. The number of anilines is 1. The highest BCUT2D eigenvalue weighted by Crippen LogP contribution is 2.42. The summed E-state index contributed by atoms with van der Waals surface area (Å²) in [5, 5.41) is 9.42. The molecular weight excluding hydrogens is 404 g/mol. The summed E-state index contributed by atoms with van der Waals surface area (Å²) in [6, 6.07) is 5.04. The first-order chi connectivity index (χ1) is 14.2. The molecule has 2 heterocycles. The smallest absolute Gasteiger partial charge is 0.260 e. The van der Waals surface area contributed by atoms with Crippen LogP contribution in [0.15, 0.2) is 30.6 Å². The zero-order valence-corrected chi connectivity index (χ0v) is 15.5. The van der Waals surface area contributed by atoms with E-state index in [0.29, 0.717) is 10.3 Å². The standard InChI is InChI=1S/C20H15F4N4O2/c21-14-3-1-2-11-9-26-10-16(17(11)14)28-18(29)13-8-12(20(22,23)24)4-5-15(13)27(7-6-25)19(28)30/h1-3,9-10,12-13H,4-5,7-8H2/q+1/t12-,13?/m1/s1. The predicted octanol–water partition coefficient (Wildman–Crippen LogP) is 3.80. The topological polar surface area (TPSA) is 77.1 Å². The summed E-state index contributed by atoms with van der Waals surface area (Å²) in [5.41, 5.74) is 0.0497. The van der Waals surface area contributed by atoms with Gasteiger partial charge in [-0.05, 0) is 18.9 Å². The monoisotopic (exact) mass is 419 g/mol. The molecule has 2 atom stereocenters. The van der Waals surface area contributed by atoms with Crippen LogP contribution >= 0.6 is 0 Å². The summed E-state index contributed by atoms with van der Waals surface area (Å²) in [4.78, 5) is 30.9. The number of nitrogens with zero attached hydrogens (tertiary/aromatic N) is 4. The van der Waals surface area contributed by atoms with Crippen molar-refractivity contribution < 1.29 is 31.7 Å².